The molecule has 3 aliphatic heterocycles. The minimum atomic E-state index is -1.95. The minimum Gasteiger partial charge on any atom is -0.454 e. The Hall–Kier alpha value is -5.25. The summed E-state index contributed by atoms with van der Waals surface area (Å²) in [5.74, 6) is -0.842. The topological polar surface area (TPSA) is 119 Å². The van der Waals surface area contributed by atoms with Crippen molar-refractivity contribution in [3.05, 3.63) is 125 Å². The molecule has 0 unspecified atom stereocenters. The Morgan fingerprint density at radius 1 is 1.00 bits per heavy atom. The minimum absolute atomic E-state index is 0.0477. The maximum atomic E-state index is 13.9. The molecule has 7 rings (SSSR count). The van der Waals surface area contributed by atoms with Crippen LogP contribution in [0.4, 0.5) is 17.1 Å². The molecule has 0 bridgehead atoms. The highest BCUT2D eigenvalue weighted by atomic mass is 16.5. The number of fused-ring (bicyclic) bond motifs is 4. The lowest BCUT2D eigenvalue weighted by atomic mass is 9.82. The molecule has 0 fully saturated rings. The van der Waals surface area contributed by atoms with Gasteiger partial charge in [-0.3, -0.25) is 19.3 Å². The zero-order valence-corrected chi connectivity index (χ0v) is 25.2. The van der Waals surface area contributed by atoms with E-state index in [2.05, 4.69) is 5.32 Å². The summed E-state index contributed by atoms with van der Waals surface area (Å²) in [5, 5.41) is 24.7. The Bertz CT molecular complexity index is 1900. The number of benzene rings is 4. The van der Waals surface area contributed by atoms with Crippen LogP contribution in [0.25, 0.3) is 0 Å². The lowest BCUT2D eigenvalue weighted by molar-refractivity contribution is -0.137. The summed E-state index contributed by atoms with van der Waals surface area (Å²) in [4.78, 5) is 43.7. The predicted molar refractivity (Wildman–Crippen MR) is 173 cm³/mol. The third-order valence-electron chi connectivity index (χ3n) is 9.18. The first-order chi connectivity index (χ1) is 22.3. The van der Waals surface area contributed by atoms with Gasteiger partial charge >= 0.3 is 0 Å². The second-order valence-electron chi connectivity index (χ2n) is 11.9. The molecule has 0 spiro atoms. The van der Waals surface area contributed by atoms with Crippen molar-refractivity contribution in [1.29, 1.82) is 0 Å². The standard InChI is InChI=1S/C37H33N3O6/c1-23(9-8-16-34(42)39-21-25-11-3-2-10-24(25)19-27(39)22-41)37(45)29-20-26(17-18-30(29)38-36(37)44)40-31-13-5-7-15-33(31)46-32-14-6-4-12-28(32)35(40)43/h2-15,17-18,20,23,27,41,45H,16,19,21-22H2,1H3,(H,38,44)/b9-8+/t23-,27-,37+/m0/s1. The number of carbonyl (C=O) groups is 3. The van der Waals surface area contributed by atoms with Crippen molar-refractivity contribution in [3.63, 3.8) is 0 Å². The summed E-state index contributed by atoms with van der Waals surface area (Å²) in [6.45, 7) is 1.99. The summed E-state index contributed by atoms with van der Waals surface area (Å²) in [7, 11) is 0. The van der Waals surface area contributed by atoms with Gasteiger partial charge in [0.1, 0.15) is 5.75 Å². The van der Waals surface area contributed by atoms with Crippen molar-refractivity contribution in [2.45, 2.75) is 38.0 Å². The van der Waals surface area contributed by atoms with Crippen molar-refractivity contribution < 1.29 is 29.3 Å². The van der Waals surface area contributed by atoms with Crippen LogP contribution in [0.2, 0.25) is 0 Å². The van der Waals surface area contributed by atoms with E-state index in [0.29, 0.717) is 52.7 Å². The predicted octanol–water partition coefficient (Wildman–Crippen LogP) is 5.44. The molecule has 3 N–H and O–H groups in total. The van der Waals surface area contributed by atoms with E-state index in [9.17, 15) is 24.6 Å². The Balaban J connectivity index is 1.16. The number of rotatable bonds is 6. The number of nitrogens with zero attached hydrogens (tertiary/aromatic N) is 2. The van der Waals surface area contributed by atoms with Gasteiger partial charge < -0.3 is 25.2 Å². The summed E-state index contributed by atoms with van der Waals surface area (Å²) in [5.41, 5.74) is 2.37. The van der Waals surface area contributed by atoms with E-state index in [1.54, 1.807) is 78.6 Å². The number of anilines is 3. The van der Waals surface area contributed by atoms with Crippen LogP contribution >= 0.6 is 0 Å². The van der Waals surface area contributed by atoms with Gasteiger partial charge in [-0.25, -0.2) is 0 Å². The number of para-hydroxylation sites is 3. The fourth-order valence-corrected chi connectivity index (χ4v) is 6.62. The molecule has 0 aromatic heterocycles. The molecule has 3 aliphatic rings. The van der Waals surface area contributed by atoms with Gasteiger partial charge in [-0.2, -0.15) is 0 Å². The highest BCUT2D eigenvalue weighted by Crippen LogP contribution is 2.47. The van der Waals surface area contributed by atoms with Crippen LogP contribution in [0.1, 0.15) is 40.4 Å². The average Bonchev–Trinajstić information content (AvgIpc) is 3.26. The SMILES string of the molecule is C[C@@H](/C=C/CC(=O)N1Cc2ccccc2C[C@H]1CO)[C@]1(O)C(=O)Nc2ccc(N3C(=O)c4ccccc4Oc4ccccc43)cc21. The number of aliphatic hydroxyl groups excluding tert-OH is 1. The molecule has 0 radical (unpaired) electrons. The number of carbonyl (C=O) groups excluding carboxylic acids is 3. The van der Waals surface area contributed by atoms with Crippen molar-refractivity contribution in [1.82, 2.24) is 4.90 Å². The fourth-order valence-electron chi connectivity index (χ4n) is 6.62. The highest BCUT2D eigenvalue weighted by Gasteiger charge is 2.49. The molecule has 0 aliphatic carbocycles. The Kier molecular flexibility index (Phi) is 7.43. The van der Waals surface area contributed by atoms with E-state index in [-0.39, 0.29) is 30.9 Å². The molecular formula is C37H33N3O6. The molecule has 232 valence electrons. The molecule has 9 nitrogen and oxygen atoms in total. The van der Waals surface area contributed by atoms with Crippen LogP contribution in [0, 0.1) is 5.92 Å². The van der Waals surface area contributed by atoms with Gasteiger partial charge in [0.25, 0.3) is 11.8 Å². The van der Waals surface area contributed by atoms with E-state index in [1.165, 1.54) is 4.90 Å². The number of hydrogen-bond donors (Lipinski definition) is 3. The molecule has 4 aromatic carbocycles. The van der Waals surface area contributed by atoms with Crippen molar-refractivity contribution in [2.75, 3.05) is 16.8 Å². The van der Waals surface area contributed by atoms with E-state index in [0.717, 1.165) is 11.1 Å². The molecule has 9 heteroatoms. The van der Waals surface area contributed by atoms with Gasteiger partial charge in [0.15, 0.2) is 11.4 Å². The van der Waals surface area contributed by atoms with Gasteiger partial charge in [0.2, 0.25) is 5.91 Å². The quantitative estimate of drug-likeness (QED) is 0.249. The molecule has 0 saturated carbocycles. The lowest BCUT2D eigenvalue weighted by Crippen LogP contribution is -2.46. The molecular weight excluding hydrogens is 582 g/mol. The Morgan fingerprint density at radius 3 is 2.52 bits per heavy atom. The first-order valence-electron chi connectivity index (χ1n) is 15.3. The first kappa shape index (κ1) is 29.5. The van der Waals surface area contributed by atoms with Crippen molar-refractivity contribution in [2.24, 2.45) is 5.92 Å². The molecule has 4 aromatic rings. The van der Waals surface area contributed by atoms with Gasteiger partial charge in [-0.15, -0.1) is 0 Å². The Labute approximate surface area is 266 Å². The fraction of sp³-hybridized carbons (Fsp3) is 0.216. The summed E-state index contributed by atoms with van der Waals surface area (Å²) in [6, 6.07) is 26.9. The Morgan fingerprint density at radius 2 is 1.72 bits per heavy atom. The largest absolute Gasteiger partial charge is 0.454 e. The number of nitrogens with one attached hydrogen (secondary N) is 1. The normalized spacial score (nSPS) is 20.6. The number of ether oxygens (including phenoxy) is 1. The van der Waals surface area contributed by atoms with Crippen LogP contribution in [0.5, 0.6) is 11.5 Å². The van der Waals surface area contributed by atoms with Gasteiger partial charge in [-0.05, 0) is 60.0 Å². The third kappa shape index (κ3) is 4.85. The van der Waals surface area contributed by atoms with E-state index in [4.69, 9.17) is 4.74 Å². The van der Waals surface area contributed by atoms with Crippen molar-refractivity contribution >= 4 is 34.8 Å². The van der Waals surface area contributed by atoms with Gasteiger partial charge in [0.05, 0.1) is 23.9 Å². The second-order valence-corrected chi connectivity index (χ2v) is 11.9. The summed E-state index contributed by atoms with van der Waals surface area (Å²) >= 11 is 0. The lowest BCUT2D eigenvalue weighted by Gasteiger charge is -2.36. The molecule has 3 atom stereocenters. The van der Waals surface area contributed by atoms with Crippen molar-refractivity contribution in [3.8, 4) is 11.5 Å². The molecule has 0 saturated heterocycles. The van der Waals surface area contributed by atoms with Crippen LogP contribution in [0.3, 0.4) is 0 Å². The number of hydrogen-bond acceptors (Lipinski definition) is 6. The highest BCUT2D eigenvalue weighted by molar-refractivity contribution is 6.14. The van der Waals surface area contributed by atoms with Crippen LogP contribution in [0.15, 0.2) is 103 Å². The van der Waals surface area contributed by atoms with Crippen LogP contribution in [-0.2, 0) is 28.2 Å². The zero-order chi connectivity index (χ0) is 32.0. The zero-order valence-electron chi connectivity index (χ0n) is 25.2. The molecule has 3 heterocycles. The maximum absolute atomic E-state index is 13.9. The monoisotopic (exact) mass is 615 g/mol. The first-order valence-corrected chi connectivity index (χ1v) is 15.3. The summed E-state index contributed by atoms with van der Waals surface area (Å²) < 4.78 is 6.12. The van der Waals surface area contributed by atoms with Crippen LogP contribution in [-0.4, -0.2) is 45.5 Å². The van der Waals surface area contributed by atoms with Crippen LogP contribution < -0.4 is 15.0 Å². The number of amides is 3. The maximum Gasteiger partial charge on any atom is 0.266 e. The van der Waals surface area contributed by atoms with E-state index < -0.39 is 17.4 Å². The average molecular weight is 616 g/mol. The molecule has 3 amide bonds. The number of aliphatic hydroxyl groups is 2. The third-order valence-corrected chi connectivity index (χ3v) is 9.18. The smallest absolute Gasteiger partial charge is 0.266 e. The van der Waals surface area contributed by atoms with E-state index >= 15 is 0 Å². The van der Waals surface area contributed by atoms with Gasteiger partial charge in [0, 0.05) is 35.8 Å². The second kappa shape index (κ2) is 11.6. The van der Waals surface area contributed by atoms with Gasteiger partial charge in [-0.1, -0.05) is 67.6 Å². The van der Waals surface area contributed by atoms with E-state index in [1.807, 2.05) is 36.4 Å². The molecule has 46 heavy (non-hydrogen) atoms. The summed E-state index contributed by atoms with van der Waals surface area (Å²) in [6.07, 6.45) is 3.96.